The minimum atomic E-state index is -0.236. The fourth-order valence-electron chi connectivity index (χ4n) is 1.45. The van der Waals surface area contributed by atoms with Crippen LogP contribution in [0.2, 0.25) is 0 Å². The minimum Gasteiger partial charge on any atom is -0.266 e. The SMILES string of the molecule is [O]c1nc(-c2ccccn2)nc2ccsc12. The van der Waals surface area contributed by atoms with Gasteiger partial charge in [-0.1, -0.05) is 6.07 Å². The second-order valence-corrected chi connectivity index (χ2v) is 4.12. The molecule has 0 aromatic carbocycles. The van der Waals surface area contributed by atoms with Gasteiger partial charge in [-0.3, -0.25) is 10.1 Å². The van der Waals surface area contributed by atoms with E-state index < -0.39 is 0 Å². The lowest BCUT2D eigenvalue weighted by molar-refractivity contribution is 0.344. The lowest BCUT2D eigenvalue weighted by Crippen LogP contribution is -1.90. The Morgan fingerprint density at radius 3 is 2.88 bits per heavy atom. The molecule has 0 atom stereocenters. The van der Waals surface area contributed by atoms with Gasteiger partial charge in [0.25, 0.3) is 5.88 Å². The Kier molecular flexibility index (Phi) is 2.04. The summed E-state index contributed by atoms with van der Waals surface area (Å²) in [4.78, 5) is 12.3. The second kappa shape index (κ2) is 3.53. The molecule has 3 rings (SSSR count). The predicted molar refractivity (Wildman–Crippen MR) is 60.8 cm³/mol. The van der Waals surface area contributed by atoms with E-state index in [0.29, 0.717) is 21.7 Å². The van der Waals surface area contributed by atoms with Gasteiger partial charge in [-0.15, -0.1) is 11.3 Å². The summed E-state index contributed by atoms with van der Waals surface area (Å²) in [7, 11) is 0. The van der Waals surface area contributed by atoms with Gasteiger partial charge in [0.05, 0.1) is 5.52 Å². The molecule has 0 aliphatic heterocycles. The molecule has 0 spiro atoms. The van der Waals surface area contributed by atoms with E-state index in [1.165, 1.54) is 11.3 Å². The van der Waals surface area contributed by atoms with Gasteiger partial charge in [-0.25, -0.2) is 4.98 Å². The van der Waals surface area contributed by atoms with Crippen LogP contribution in [-0.2, 0) is 5.11 Å². The molecular weight excluding hydrogens is 222 g/mol. The number of nitrogens with zero attached hydrogens (tertiary/aromatic N) is 3. The third-order valence-electron chi connectivity index (χ3n) is 2.17. The first-order valence-electron chi connectivity index (χ1n) is 4.68. The van der Waals surface area contributed by atoms with E-state index in [1.54, 1.807) is 12.3 Å². The lowest BCUT2D eigenvalue weighted by atomic mass is 10.3. The largest absolute Gasteiger partial charge is 0.291 e. The maximum absolute atomic E-state index is 11.7. The van der Waals surface area contributed by atoms with Crippen LogP contribution in [0.25, 0.3) is 21.7 Å². The van der Waals surface area contributed by atoms with Crippen molar-refractivity contribution in [2.24, 2.45) is 0 Å². The summed E-state index contributed by atoms with van der Waals surface area (Å²) in [6.45, 7) is 0. The third-order valence-corrected chi connectivity index (χ3v) is 3.06. The zero-order chi connectivity index (χ0) is 11.0. The van der Waals surface area contributed by atoms with Crippen LogP contribution < -0.4 is 0 Å². The summed E-state index contributed by atoms with van der Waals surface area (Å²) in [5.74, 6) is 0.150. The highest BCUT2D eigenvalue weighted by atomic mass is 32.1. The average Bonchev–Trinajstić information content (AvgIpc) is 2.79. The molecule has 0 fully saturated rings. The van der Waals surface area contributed by atoms with Crippen molar-refractivity contribution < 1.29 is 5.11 Å². The summed E-state index contributed by atoms with van der Waals surface area (Å²) in [5.41, 5.74) is 1.30. The van der Waals surface area contributed by atoms with Gasteiger partial charge in [0.2, 0.25) is 0 Å². The van der Waals surface area contributed by atoms with Crippen molar-refractivity contribution in [1.82, 2.24) is 15.0 Å². The highest BCUT2D eigenvalue weighted by Crippen LogP contribution is 2.29. The number of hydrogen-bond donors (Lipinski definition) is 0. The standard InChI is InChI=1S/C11H6N3OS/c15-11-9-7(4-6-16-9)13-10(14-11)8-3-1-2-5-12-8/h1-6H. The summed E-state index contributed by atoms with van der Waals surface area (Å²) in [6, 6.07) is 7.25. The van der Waals surface area contributed by atoms with E-state index in [2.05, 4.69) is 15.0 Å². The van der Waals surface area contributed by atoms with Crippen LogP contribution in [0.15, 0.2) is 35.8 Å². The average molecular weight is 228 g/mol. The Morgan fingerprint density at radius 1 is 1.12 bits per heavy atom. The number of aromatic nitrogens is 3. The second-order valence-electron chi connectivity index (χ2n) is 3.20. The van der Waals surface area contributed by atoms with Gasteiger partial charge in [0.1, 0.15) is 10.4 Å². The van der Waals surface area contributed by atoms with Crippen molar-refractivity contribution in [1.29, 1.82) is 0 Å². The van der Waals surface area contributed by atoms with Gasteiger partial charge in [0, 0.05) is 6.20 Å². The number of pyridine rings is 1. The maximum Gasteiger partial charge on any atom is 0.291 e. The van der Waals surface area contributed by atoms with Crippen LogP contribution >= 0.6 is 11.3 Å². The molecule has 0 saturated carbocycles. The van der Waals surface area contributed by atoms with Crippen LogP contribution in [-0.4, -0.2) is 15.0 Å². The zero-order valence-corrected chi connectivity index (χ0v) is 8.94. The molecule has 16 heavy (non-hydrogen) atoms. The Morgan fingerprint density at radius 2 is 2.06 bits per heavy atom. The monoisotopic (exact) mass is 228 g/mol. The van der Waals surface area contributed by atoms with Gasteiger partial charge in [-0.2, -0.15) is 4.98 Å². The van der Waals surface area contributed by atoms with Crippen molar-refractivity contribution in [2.75, 3.05) is 0 Å². The predicted octanol–water partition coefficient (Wildman–Crippen LogP) is 2.90. The van der Waals surface area contributed by atoms with Crippen LogP contribution in [0.3, 0.4) is 0 Å². The number of rotatable bonds is 1. The van der Waals surface area contributed by atoms with Gasteiger partial charge < -0.3 is 0 Å². The van der Waals surface area contributed by atoms with E-state index in [0.717, 1.165) is 0 Å². The quantitative estimate of drug-likeness (QED) is 0.643. The Hall–Kier alpha value is -2.01. The molecule has 0 aliphatic rings. The summed E-state index contributed by atoms with van der Waals surface area (Å²) < 4.78 is 0.597. The third kappa shape index (κ3) is 1.42. The number of hydrogen-bond acceptors (Lipinski definition) is 4. The smallest absolute Gasteiger partial charge is 0.266 e. The van der Waals surface area contributed by atoms with E-state index >= 15 is 0 Å². The first kappa shape index (κ1) is 9.23. The minimum absolute atomic E-state index is 0.236. The van der Waals surface area contributed by atoms with Crippen molar-refractivity contribution >= 4 is 21.6 Å². The molecule has 3 aromatic heterocycles. The normalized spacial score (nSPS) is 10.8. The molecular formula is C11H6N3OS. The van der Waals surface area contributed by atoms with Crippen LogP contribution in [0.1, 0.15) is 0 Å². The van der Waals surface area contributed by atoms with Gasteiger partial charge in [0.15, 0.2) is 5.82 Å². The van der Waals surface area contributed by atoms with E-state index in [-0.39, 0.29) is 5.88 Å². The van der Waals surface area contributed by atoms with Crippen LogP contribution in [0.4, 0.5) is 0 Å². The lowest BCUT2D eigenvalue weighted by Gasteiger charge is -1.98. The van der Waals surface area contributed by atoms with Crippen molar-refractivity contribution in [3.05, 3.63) is 35.8 Å². The number of fused-ring (bicyclic) bond motifs is 1. The van der Waals surface area contributed by atoms with E-state index in [1.807, 2.05) is 23.6 Å². The molecule has 0 amide bonds. The van der Waals surface area contributed by atoms with E-state index in [4.69, 9.17) is 0 Å². The molecule has 77 valence electrons. The van der Waals surface area contributed by atoms with Crippen LogP contribution in [0.5, 0.6) is 5.88 Å². The molecule has 0 unspecified atom stereocenters. The zero-order valence-electron chi connectivity index (χ0n) is 8.12. The highest BCUT2D eigenvalue weighted by Gasteiger charge is 2.11. The fraction of sp³-hybridized carbons (Fsp3) is 0. The van der Waals surface area contributed by atoms with Gasteiger partial charge in [-0.05, 0) is 23.6 Å². The summed E-state index contributed by atoms with van der Waals surface area (Å²) in [5, 5.41) is 13.5. The van der Waals surface area contributed by atoms with Gasteiger partial charge >= 0.3 is 0 Å². The Bertz CT molecular complexity index is 636. The first-order valence-corrected chi connectivity index (χ1v) is 5.56. The summed E-state index contributed by atoms with van der Waals surface area (Å²) in [6.07, 6.45) is 1.65. The van der Waals surface area contributed by atoms with Crippen LogP contribution in [0, 0.1) is 0 Å². The Balaban J connectivity index is 2.25. The maximum atomic E-state index is 11.7. The number of thiophene rings is 1. The topological polar surface area (TPSA) is 58.6 Å². The highest BCUT2D eigenvalue weighted by molar-refractivity contribution is 7.17. The molecule has 0 aliphatic carbocycles. The van der Waals surface area contributed by atoms with E-state index in [9.17, 15) is 5.11 Å². The molecule has 1 radical (unpaired) electrons. The van der Waals surface area contributed by atoms with Crippen molar-refractivity contribution in [3.63, 3.8) is 0 Å². The molecule has 3 heterocycles. The molecule has 0 bridgehead atoms. The Labute approximate surface area is 95.3 Å². The van der Waals surface area contributed by atoms with Crippen molar-refractivity contribution in [3.8, 4) is 17.4 Å². The molecule has 4 nitrogen and oxygen atoms in total. The summed E-state index contributed by atoms with van der Waals surface area (Å²) >= 11 is 1.36. The van der Waals surface area contributed by atoms with Crippen molar-refractivity contribution in [2.45, 2.75) is 0 Å². The molecule has 0 saturated heterocycles. The fourth-order valence-corrected chi connectivity index (χ4v) is 2.16. The first-order chi connectivity index (χ1) is 7.84. The molecule has 5 heteroatoms. The molecule has 0 N–H and O–H groups in total. The molecule has 3 aromatic rings.